The number of benzene rings is 1. The molecule has 0 amide bonds. The Morgan fingerprint density at radius 1 is 1.17 bits per heavy atom. The molecule has 4 unspecified atom stereocenters. The summed E-state index contributed by atoms with van der Waals surface area (Å²) >= 11 is 0. The summed E-state index contributed by atoms with van der Waals surface area (Å²) in [5.41, 5.74) is 1.94. The summed E-state index contributed by atoms with van der Waals surface area (Å²) in [6.07, 6.45) is 6.49. The second-order valence-electron chi connectivity index (χ2n) is 7.44. The molecule has 2 aromatic rings. The smallest absolute Gasteiger partial charge is 0.119 e. The molecular formula is C20H25NO2. The highest BCUT2D eigenvalue weighted by molar-refractivity contribution is 5.83. The summed E-state index contributed by atoms with van der Waals surface area (Å²) in [7, 11) is 1.68. The van der Waals surface area contributed by atoms with Crippen LogP contribution in [0.5, 0.6) is 5.75 Å². The number of fused-ring (bicyclic) bond motifs is 4. The maximum absolute atomic E-state index is 11.1. The van der Waals surface area contributed by atoms with Crippen LogP contribution in [0.25, 0.3) is 10.9 Å². The SMILES string of the molecule is COc1ccc2nccc([C@@H](O)C3CC4CCC3CC4C)c2c1. The first kappa shape index (κ1) is 14.9. The molecule has 5 rings (SSSR count). The predicted molar refractivity (Wildman–Crippen MR) is 91.4 cm³/mol. The molecule has 122 valence electrons. The van der Waals surface area contributed by atoms with Gasteiger partial charge in [-0.2, -0.15) is 0 Å². The number of methoxy groups -OCH3 is 1. The van der Waals surface area contributed by atoms with Crippen LogP contribution in [-0.4, -0.2) is 17.2 Å². The van der Waals surface area contributed by atoms with Crippen LogP contribution in [0.3, 0.4) is 0 Å². The van der Waals surface area contributed by atoms with E-state index in [9.17, 15) is 5.11 Å². The third-order valence-electron chi connectivity index (χ3n) is 6.27. The number of nitrogens with zero attached hydrogens (tertiary/aromatic N) is 1. The Morgan fingerprint density at radius 3 is 2.70 bits per heavy atom. The van der Waals surface area contributed by atoms with Gasteiger partial charge in [-0.1, -0.05) is 6.92 Å². The van der Waals surface area contributed by atoms with Crippen molar-refractivity contribution in [1.82, 2.24) is 4.98 Å². The summed E-state index contributed by atoms with van der Waals surface area (Å²) in [5, 5.41) is 12.2. The maximum Gasteiger partial charge on any atom is 0.119 e. The Hall–Kier alpha value is -1.61. The van der Waals surface area contributed by atoms with E-state index in [1.165, 1.54) is 25.7 Å². The molecule has 3 saturated carbocycles. The summed E-state index contributed by atoms with van der Waals surface area (Å²) < 4.78 is 5.36. The summed E-state index contributed by atoms with van der Waals surface area (Å²) in [6, 6.07) is 7.89. The minimum atomic E-state index is -0.395. The van der Waals surface area contributed by atoms with Crippen LogP contribution in [0.15, 0.2) is 30.5 Å². The van der Waals surface area contributed by atoms with Crippen LogP contribution in [0, 0.1) is 23.7 Å². The lowest BCUT2D eigenvalue weighted by atomic mass is 9.58. The predicted octanol–water partition coefficient (Wildman–Crippen LogP) is 4.35. The van der Waals surface area contributed by atoms with Crippen molar-refractivity contribution in [3.63, 3.8) is 0 Å². The van der Waals surface area contributed by atoms with Crippen molar-refractivity contribution in [2.24, 2.45) is 23.7 Å². The van der Waals surface area contributed by atoms with Crippen LogP contribution in [0.4, 0.5) is 0 Å². The lowest BCUT2D eigenvalue weighted by Crippen LogP contribution is -2.39. The highest BCUT2D eigenvalue weighted by Crippen LogP contribution is 2.52. The van der Waals surface area contributed by atoms with Crippen molar-refractivity contribution in [1.29, 1.82) is 0 Å². The van der Waals surface area contributed by atoms with Gasteiger partial charge in [-0.3, -0.25) is 4.98 Å². The zero-order valence-electron chi connectivity index (χ0n) is 13.9. The number of aliphatic hydroxyl groups is 1. The van der Waals surface area contributed by atoms with E-state index in [0.717, 1.165) is 34.1 Å². The first-order chi connectivity index (χ1) is 11.2. The Balaban J connectivity index is 1.71. The van der Waals surface area contributed by atoms with Gasteiger partial charge in [0.15, 0.2) is 0 Å². The highest BCUT2D eigenvalue weighted by atomic mass is 16.5. The van der Waals surface area contributed by atoms with Crippen molar-refractivity contribution in [3.05, 3.63) is 36.0 Å². The first-order valence-corrected chi connectivity index (χ1v) is 8.78. The third-order valence-corrected chi connectivity index (χ3v) is 6.27. The van der Waals surface area contributed by atoms with E-state index in [4.69, 9.17) is 4.74 Å². The molecule has 3 fully saturated rings. The van der Waals surface area contributed by atoms with Gasteiger partial charge in [0.2, 0.25) is 0 Å². The summed E-state index contributed by atoms with van der Waals surface area (Å²) in [5.74, 6) is 3.49. The van der Waals surface area contributed by atoms with Gasteiger partial charge in [-0.05, 0) is 79.2 Å². The zero-order chi connectivity index (χ0) is 16.0. The summed E-state index contributed by atoms with van der Waals surface area (Å²) in [4.78, 5) is 4.44. The molecule has 0 aliphatic heterocycles. The van der Waals surface area contributed by atoms with E-state index in [-0.39, 0.29) is 0 Å². The van der Waals surface area contributed by atoms with Gasteiger partial charge >= 0.3 is 0 Å². The molecule has 3 aliphatic rings. The normalized spacial score (nSPS) is 31.3. The van der Waals surface area contributed by atoms with Gasteiger partial charge in [0.05, 0.1) is 18.7 Å². The Labute approximate surface area is 137 Å². The number of rotatable bonds is 3. The van der Waals surface area contributed by atoms with Gasteiger partial charge in [0.25, 0.3) is 0 Å². The lowest BCUT2D eigenvalue weighted by molar-refractivity contribution is -0.0282. The molecule has 3 nitrogen and oxygen atoms in total. The number of pyridine rings is 1. The van der Waals surface area contributed by atoms with Crippen molar-refractivity contribution < 1.29 is 9.84 Å². The van der Waals surface area contributed by atoms with E-state index >= 15 is 0 Å². The van der Waals surface area contributed by atoms with E-state index < -0.39 is 6.10 Å². The van der Waals surface area contributed by atoms with Crippen LogP contribution in [-0.2, 0) is 0 Å². The first-order valence-electron chi connectivity index (χ1n) is 8.78. The topological polar surface area (TPSA) is 42.4 Å². The van der Waals surface area contributed by atoms with E-state index in [1.54, 1.807) is 7.11 Å². The number of hydrogen-bond donors (Lipinski definition) is 1. The molecule has 0 spiro atoms. The molecule has 0 saturated heterocycles. The second-order valence-corrected chi connectivity index (χ2v) is 7.44. The quantitative estimate of drug-likeness (QED) is 0.916. The van der Waals surface area contributed by atoms with E-state index in [2.05, 4.69) is 11.9 Å². The fraction of sp³-hybridized carbons (Fsp3) is 0.550. The van der Waals surface area contributed by atoms with Crippen molar-refractivity contribution >= 4 is 10.9 Å². The Bertz CT molecular complexity index is 714. The van der Waals surface area contributed by atoms with E-state index in [0.29, 0.717) is 11.8 Å². The minimum Gasteiger partial charge on any atom is -0.497 e. The van der Waals surface area contributed by atoms with Crippen molar-refractivity contribution in [2.45, 2.75) is 38.7 Å². The molecular weight excluding hydrogens is 286 g/mol. The Morgan fingerprint density at radius 2 is 2.00 bits per heavy atom. The average molecular weight is 311 g/mol. The van der Waals surface area contributed by atoms with Gasteiger partial charge in [-0.15, -0.1) is 0 Å². The van der Waals surface area contributed by atoms with Crippen LogP contribution < -0.4 is 4.74 Å². The third kappa shape index (κ3) is 2.51. The molecule has 0 radical (unpaired) electrons. The van der Waals surface area contributed by atoms with Gasteiger partial charge in [-0.25, -0.2) is 0 Å². The molecule has 2 bridgehead atoms. The van der Waals surface area contributed by atoms with Crippen molar-refractivity contribution in [2.75, 3.05) is 7.11 Å². The molecule has 23 heavy (non-hydrogen) atoms. The molecule has 1 N–H and O–H groups in total. The number of ether oxygens (including phenoxy) is 1. The van der Waals surface area contributed by atoms with Crippen LogP contribution >= 0.6 is 0 Å². The van der Waals surface area contributed by atoms with Crippen molar-refractivity contribution in [3.8, 4) is 5.75 Å². The van der Waals surface area contributed by atoms with Crippen LogP contribution in [0.2, 0.25) is 0 Å². The Kier molecular flexibility index (Phi) is 3.76. The molecule has 1 aromatic heterocycles. The maximum atomic E-state index is 11.1. The van der Waals surface area contributed by atoms with Crippen LogP contribution in [0.1, 0.15) is 44.3 Å². The number of aromatic nitrogens is 1. The minimum absolute atomic E-state index is 0.391. The number of hydrogen-bond acceptors (Lipinski definition) is 3. The molecule has 3 aliphatic carbocycles. The van der Waals surface area contributed by atoms with Gasteiger partial charge in [0, 0.05) is 11.6 Å². The largest absolute Gasteiger partial charge is 0.497 e. The molecule has 1 aromatic carbocycles. The average Bonchev–Trinajstić information content (AvgIpc) is 2.60. The van der Waals surface area contributed by atoms with E-state index in [1.807, 2.05) is 30.5 Å². The molecule has 5 atom stereocenters. The highest BCUT2D eigenvalue weighted by Gasteiger charge is 2.43. The number of aliphatic hydroxyl groups excluding tert-OH is 1. The van der Waals surface area contributed by atoms with Gasteiger partial charge in [0.1, 0.15) is 5.75 Å². The standard InChI is InChI=1S/C20H25NO2/c1-12-9-14-4-3-13(12)10-17(14)20(22)16-7-8-21-19-6-5-15(23-2)11-18(16)19/h5-8,11-14,17,20,22H,3-4,9-10H2,1-2H3/t12?,13?,14?,17?,20-/m1/s1. The fourth-order valence-corrected chi connectivity index (χ4v) is 4.93. The lowest BCUT2D eigenvalue weighted by Gasteiger charge is -2.48. The second kappa shape index (κ2) is 5.79. The summed E-state index contributed by atoms with van der Waals surface area (Å²) in [6.45, 7) is 2.38. The van der Waals surface area contributed by atoms with Gasteiger partial charge < -0.3 is 9.84 Å². The molecule has 1 heterocycles. The fourth-order valence-electron chi connectivity index (χ4n) is 4.93. The zero-order valence-corrected chi connectivity index (χ0v) is 13.9. The monoisotopic (exact) mass is 311 g/mol. The molecule has 3 heteroatoms.